The van der Waals surface area contributed by atoms with Crippen molar-refractivity contribution in [1.82, 2.24) is 0 Å². The van der Waals surface area contributed by atoms with Gasteiger partial charge in [0.2, 0.25) is 0 Å². The Bertz CT molecular complexity index is 1060. The molecule has 0 saturated carbocycles. The van der Waals surface area contributed by atoms with Crippen LogP contribution in [0.5, 0.6) is 5.75 Å². The molecule has 0 N–H and O–H groups in total. The summed E-state index contributed by atoms with van der Waals surface area (Å²) in [7, 11) is -0.0491. The number of sulfone groups is 1. The van der Waals surface area contributed by atoms with Crippen LogP contribution in [-0.4, -0.2) is 48.4 Å². The first kappa shape index (κ1) is 29.5. The molecule has 2 rings (SSSR count). The average molecular weight is 515 g/mol. The maximum atomic E-state index is 12.4. The molecule has 2 aromatic carbocycles. The SMILES string of the molecule is COCOC/C=C(\C=C\[C@@H](C)C/C=C/CS(=O)(=O)c1ccccc1)CCOCc1ccc(OC)cc1. The summed E-state index contributed by atoms with van der Waals surface area (Å²) in [5, 5.41) is 0. The second kappa shape index (κ2) is 16.9. The zero-order chi connectivity index (χ0) is 26.1. The number of ether oxygens (including phenoxy) is 4. The number of hydrogen-bond donors (Lipinski definition) is 0. The molecule has 0 saturated heterocycles. The topological polar surface area (TPSA) is 71.1 Å². The molecule has 0 bridgehead atoms. The molecule has 0 aliphatic heterocycles. The minimum atomic E-state index is -3.29. The first-order valence-corrected chi connectivity index (χ1v) is 13.7. The lowest BCUT2D eigenvalue weighted by molar-refractivity contribution is -0.0188. The van der Waals surface area contributed by atoms with E-state index < -0.39 is 9.84 Å². The molecule has 6 nitrogen and oxygen atoms in total. The number of rotatable bonds is 17. The largest absolute Gasteiger partial charge is 0.497 e. The number of allylic oxidation sites excluding steroid dienone is 3. The van der Waals surface area contributed by atoms with E-state index in [2.05, 4.69) is 19.1 Å². The Morgan fingerprint density at radius 2 is 1.72 bits per heavy atom. The molecule has 0 spiro atoms. The zero-order valence-electron chi connectivity index (χ0n) is 21.5. The molecule has 1 atom stereocenters. The van der Waals surface area contributed by atoms with E-state index in [1.54, 1.807) is 44.6 Å². The van der Waals surface area contributed by atoms with Crippen LogP contribution in [-0.2, 0) is 30.7 Å². The summed E-state index contributed by atoms with van der Waals surface area (Å²) in [6.07, 6.45) is 11.4. The van der Waals surface area contributed by atoms with Gasteiger partial charge in [-0.2, -0.15) is 0 Å². The van der Waals surface area contributed by atoms with Gasteiger partial charge in [-0.1, -0.05) is 67.6 Å². The first-order chi connectivity index (χ1) is 17.4. The molecule has 196 valence electrons. The number of hydrogen-bond acceptors (Lipinski definition) is 6. The van der Waals surface area contributed by atoms with Crippen LogP contribution in [0.15, 0.2) is 95.4 Å². The van der Waals surface area contributed by atoms with E-state index >= 15 is 0 Å². The van der Waals surface area contributed by atoms with E-state index in [0.29, 0.717) is 24.7 Å². The fraction of sp³-hybridized carbons (Fsp3) is 0.379. The van der Waals surface area contributed by atoms with Crippen LogP contribution < -0.4 is 4.74 Å². The maximum absolute atomic E-state index is 12.4. The van der Waals surface area contributed by atoms with Gasteiger partial charge in [0.15, 0.2) is 9.84 Å². The van der Waals surface area contributed by atoms with Crippen LogP contribution in [0.1, 0.15) is 25.3 Å². The quantitative estimate of drug-likeness (QED) is 0.116. The van der Waals surface area contributed by atoms with E-state index in [9.17, 15) is 8.42 Å². The predicted molar refractivity (Wildman–Crippen MR) is 144 cm³/mol. The van der Waals surface area contributed by atoms with E-state index in [4.69, 9.17) is 18.9 Å². The first-order valence-electron chi connectivity index (χ1n) is 12.0. The van der Waals surface area contributed by atoms with Crippen molar-refractivity contribution in [2.24, 2.45) is 5.92 Å². The van der Waals surface area contributed by atoms with Crippen molar-refractivity contribution in [2.75, 3.05) is 40.0 Å². The fourth-order valence-corrected chi connectivity index (χ4v) is 4.40. The van der Waals surface area contributed by atoms with Gasteiger partial charge in [-0.25, -0.2) is 8.42 Å². The highest BCUT2D eigenvalue weighted by Gasteiger charge is 2.11. The highest BCUT2D eigenvalue weighted by Crippen LogP contribution is 2.14. The van der Waals surface area contributed by atoms with E-state index in [1.165, 1.54) is 0 Å². The van der Waals surface area contributed by atoms with Gasteiger partial charge in [0.05, 0.1) is 37.6 Å². The minimum Gasteiger partial charge on any atom is -0.497 e. The van der Waals surface area contributed by atoms with Gasteiger partial charge in [0.1, 0.15) is 12.5 Å². The fourth-order valence-electron chi connectivity index (χ4n) is 3.25. The summed E-state index contributed by atoms with van der Waals surface area (Å²) in [6.45, 7) is 3.92. The Labute approximate surface area is 216 Å². The van der Waals surface area contributed by atoms with Crippen LogP contribution >= 0.6 is 0 Å². The third kappa shape index (κ3) is 11.8. The summed E-state index contributed by atoms with van der Waals surface area (Å²) in [5.41, 5.74) is 2.21. The van der Waals surface area contributed by atoms with E-state index in [1.807, 2.05) is 42.5 Å². The normalized spacial score (nSPS) is 13.5. The van der Waals surface area contributed by atoms with Crippen LogP contribution in [0.4, 0.5) is 0 Å². The average Bonchev–Trinajstić information content (AvgIpc) is 2.90. The van der Waals surface area contributed by atoms with Gasteiger partial charge in [0.25, 0.3) is 0 Å². The lowest BCUT2D eigenvalue weighted by Gasteiger charge is -2.08. The molecule has 0 unspecified atom stereocenters. The monoisotopic (exact) mass is 514 g/mol. The highest BCUT2D eigenvalue weighted by atomic mass is 32.2. The molecular formula is C29H38O6S. The van der Waals surface area contributed by atoms with Crippen molar-refractivity contribution in [3.8, 4) is 5.75 Å². The second-order valence-corrected chi connectivity index (χ2v) is 10.4. The van der Waals surface area contributed by atoms with Crippen LogP contribution in [0.25, 0.3) is 0 Å². The molecule has 0 aliphatic rings. The standard InChI is InChI=1S/C29H38O6S/c1-25(9-7-8-22-36(30,31)29-10-5-4-6-11-29)12-13-26(19-21-35-24-32-2)18-20-34-23-27-14-16-28(33-3)17-15-27/h4-8,10-17,19,25H,9,18,20-24H2,1-3H3/b8-7+,13-12+,26-19+/t25-/m0/s1. The zero-order valence-corrected chi connectivity index (χ0v) is 22.3. The second-order valence-electron chi connectivity index (χ2n) is 8.34. The number of benzene rings is 2. The molecule has 36 heavy (non-hydrogen) atoms. The molecule has 0 fully saturated rings. The van der Waals surface area contributed by atoms with Gasteiger partial charge in [-0.15, -0.1) is 0 Å². The molecule has 7 heteroatoms. The summed E-state index contributed by atoms with van der Waals surface area (Å²) >= 11 is 0. The Morgan fingerprint density at radius 3 is 2.42 bits per heavy atom. The molecular weight excluding hydrogens is 476 g/mol. The minimum absolute atomic E-state index is 0.000965. The molecule has 0 aromatic heterocycles. The number of methoxy groups -OCH3 is 2. The van der Waals surface area contributed by atoms with Crippen LogP contribution in [0.3, 0.4) is 0 Å². The lowest BCUT2D eigenvalue weighted by atomic mass is 10.0. The molecule has 2 aromatic rings. The van der Waals surface area contributed by atoms with E-state index in [-0.39, 0.29) is 18.5 Å². The van der Waals surface area contributed by atoms with Crippen molar-refractivity contribution >= 4 is 9.84 Å². The molecule has 0 amide bonds. The van der Waals surface area contributed by atoms with Crippen molar-refractivity contribution in [2.45, 2.75) is 31.3 Å². The summed E-state index contributed by atoms with van der Waals surface area (Å²) in [6, 6.07) is 16.4. The summed E-state index contributed by atoms with van der Waals surface area (Å²) in [4.78, 5) is 0.349. The van der Waals surface area contributed by atoms with Crippen molar-refractivity contribution in [3.63, 3.8) is 0 Å². The molecule has 0 radical (unpaired) electrons. The maximum Gasteiger partial charge on any atom is 0.181 e. The third-order valence-electron chi connectivity index (χ3n) is 5.36. The van der Waals surface area contributed by atoms with Gasteiger partial charge >= 0.3 is 0 Å². The summed E-state index contributed by atoms with van der Waals surface area (Å²) in [5.74, 6) is 1.08. The van der Waals surface area contributed by atoms with Crippen molar-refractivity contribution in [1.29, 1.82) is 0 Å². The summed E-state index contributed by atoms with van der Waals surface area (Å²) < 4.78 is 46.1. The Morgan fingerprint density at radius 1 is 0.972 bits per heavy atom. The van der Waals surface area contributed by atoms with Crippen LogP contribution in [0, 0.1) is 5.92 Å². The van der Waals surface area contributed by atoms with Crippen molar-refractivity contribution < 1.29 is 27.4 Å². The Balaban J connectivity index is 1.82. The third-order valence-corrected chi connectivity index (χ3v) is 6.98. The highest BCUT2D eigenvalue weighted by molar-refractivity contribution is 7.91. The predicted octanol–water partition coefficient (Wildman–Crippen LogP) is 5.76. The van der Waals surface area contributed by atoms with Crippen LogP contribution in [0.2, 0.25) is 0 Å². The van der Waals surface area contributed by atoms with Gasteiger partial charge in [-0.05, 0) is 54.2 Å². The van der Waals surface area contributed by atoms with Gasteiger partial charge in [0, 0.05) is 7.11 Å². The lowest BCUT2D eigenvalue weighted by Crippen LogP contribution is -2.04. The molecule has 0 heterocycles. The van der Waals surface area contributed by atoms with Gasteiger partial charge in [-0.3, -0.25) is 0 Å². The smallest absolute Gasteiger partial charge is 0.181 e. The molecule has 0 aliphatic carbocycles. The van der Waals surface area contributed by atoms with Gasteiger partial charge < -0.3 is 18.9 Å². The Hall–Kier alpha value is -2.71. The van der Waals surface area contributed by atoms with E-state index in [0.717, 1.165) is 29.7 Å². The Kier molecular flexibility index (Phi) is 13.8. The van der Waals surface area contributed by atoms with Crippen molar-refractivity contribution in [3.05, 3.63) is 96.1 Å².